The largest absolute Gasteiger partial charge is 0.494 e. The summed E-state index contributed by atoms with van der Waals surface area (Å²) in [5.41, 5.74) is 1.35. The molecule has 3 aromatic rings. The first-order valence-electron chi connectivity index (χ1n) is 10.6. The number of carbonyl (C=O) groups is 1. The zero-order chi connectivity index (χ0) is 23.8. The van der Waals surface area contributed by atoms with Crippen LogP contribution < -0.4 is 13.8 Å². The average Bonchev–Trinajstić information content (AvgIpc) is 2.80. The molecule has 6 nitrogen and oxygen atoms in total. The molecular formula is C25H26ClNO5S. The Morgan fingerprint density at radius 3 is 2.00 bits per heavy atom. The minimum absolute atomic E-state index is 0.0574. The topological polar surface area (TPSA) is 72.9 Å². The van der Waals surface area contributed by atoms with E-state index >= 15 is 0 Å². The minimum Gasteiger partial charge on any atom is -0.494 e. The normalized spacial score (nSPS) is 11.1. The Morgan fingerprint density at radius 2 is 1.42 bits per heavy atom. The lowest BCUT2D eigenvalue weighted by Gasteiger charge is -2.23. The van der Waals surface area contributed by atoms with Crippen LogP contribution in [0.25, 0.3) is 0 Å². The van der Waals surface area contributed by atoms with Gasteiger partial charge < -0.3 is 9.47 Å². The van der Waals surface area contributed by atoms with E-state index in [1.165, 1.54) is 36.4 Å². The maximum atomic E-state index is 13.4. The van der Waals surface area contributed by atoms with Crippen molar-refractivity contribution in [3.05, 3.63) is 83.4 Å². The van der Waals surface area contributed by atoms with Crippen LogP contribution in [0.3, 0.4) is 0 Å². The zero-order valence-electron chi connectivity index (χ0n) is 18.5. The van der Waals surface area contributed by atoms with E-state index in [2.05, 4.69) is 6.92 Å². The van der Waals surface area contributed by atoms with Crippen molar-refractivity contribution in [2.75, 3.05) is 17.5 Å². The summed E-state index contributed by atoms with van der Waals surface area (Å²) >= 11 is 5.91. The second kappa shape index (κ2) is 11.2. The van der Waals surface area contributed by atoms with Crippen molar-refractivity contribution in [3.63, 3.8) is 0 Å². The molecule has 174 valence electrons. The summed E-state index contributed by atoms with van der Waals surface area (Å²) in [6.45, 7) is 3.96. The number of ether oxygens (including phenoxy) is 2. The maximum Gasteiger partial charge on any atom is 0.278 e. The molecule has 0 radical (unpaired) electrons. The molecule has 0 atom stereocenters. The van der Waals surface area contributed by atoms with Crippen molar-refractivity contribution in [1.29, 1.82) is 0 Å². The summed E-state index contributed by atoms with van der Waals surface area (Å²) in [5, 5.41) is 0.391. The van der Waals surface area contributed by atoms with Gasteiger partial charge in [-0.3, -0.25) is 4.79 Å². The zero-order valence-corrected chi connectivity index (χ0v) is 20.1. The minimum atomic E-state index is -4.21. The van der Waals surface area contributed by atoms with Crippen LogP contribution in [0, 0.1) is 0 Å². The van der Waals surface area contributed by atoms with Gasteiger partial charge in [0.2, 0.25) is 0 Å². The summed E-state index contributed by atoms with van der Waals surface area (Å²) < 4.78 is 38.6. The molecule has 0 unspecified atom stereocenters. The molecule has 0 aliphatic heterocycles. The molecule has 0 fully saturated rings. The molecule has 8 heteroatoms. The molecule has 0 heterocycles. The summed E-state index contributed by atoms with van der Waals surface area (Å²) in [6.07, 6.45) is 1.97. The van der Waals surface area contributed by atoms with Gasteiger partial charge in [0.25, 0.3) is 15.9 Å². The van der Waals surface area contributed by atoms with Gasteiger partial charge in [-0.2, -0.15) is 4.31 Å². The van der Waals surface area contributed by atoms with E-state index in [1.807, 2.05) is 19.1 Å². The van der Waals surface area contributed by atoms with Gasteiger partial charge in [-0.05, 0) is 79.6 Å². The van der Waals surface area contributed by atoms with Crippen molar-refractivity contribution in [2.24, 2.45) is 0 Å². The van der Waals surface area contributed by atoms with Crippen molar-refractivity contribution in [2.45, 2.75) is 31.6 Å². The van der Waals surface area contributed by atoms with E-state index in [0.717, 1.165) is 22.7 Å². The third-order valence-electron chi connectivity index (χ3n) is 4.78. The summed E-state index contributed by atoms with van der Waals surface area (Å²) in [4.78, 5) is 13.1. The van der Waals surface area contributed by atoms with Crippen molar-refractivity contribution in [3.8, 4) is 11.5 Å². The monoisotopic (exact) mass is 487 g/mol. The fraction of sp³-hybridized carbons (Fsp3) is 0.240. The summed E-state index contributed by atoms with van der Waals surface area (Å²) in [6, 6.07) is 19.3. The lowest BCUT2D eigenvalue weighted by atomic mass is 10.1. The van der Waals surface area contributed by atoms with E-state index in [9.17, 15) is 13.2 Å². The van der Waals surface area contributed by atoms with Gasteiger partial charge in [0.1, 0.15) is 11.5 Å². The molecule has 0 saturated carbocycles. The number of anilines is 1. The van der Waals surface area contributed by atoms with Crippen LogP contribution in [0.5, 0.6) is 11.5 Å². The van der Waals surface area contributed by atoms with E-state index in [4.69, 9.17) is 21.1 Å². The van der Waals surface area contributed by atoms with E-state index < -0.39 is 22.5 Å². The van der Waals surface area contributed by atoms with Gasteiger partial charge in [0.15, 0.2) is 6.61 Å². The van der Waals surface area contributed by atoms with Crippen LogP contribution in [-0.4, -0.2) is 27.5 Å². The Labute approximate surface area is 199 Å². The predicted molar refractivity (Wildman–Crippen MR) is 130 cm³/mol. The van der Waals surface area contributed by atoms with Gasteiger partial charge in [-0.1, -0.05) is 37.1 Å². The number of rotatable bonds is 10. The molecule has 3 aromatic carbocycles. The lowest BCUT2D eigenvalue weighted by Crippen LogP contribution is -2.40. The molecule has 0 aliphatic carbocycles. The first-order chi connectivity index (χ1) is 15.8. The van der Waals surface area contributed by atoms with E-state index in [1.54, 1.807) is 24.3 Å². The Hall–Kier alpha value is -3.03. The molecule has 3 rings (SSSR count). The number of hydrogen-bond acceptors (Lipinski definition) is 5. The number of hydrogen-bond donors (Lipinski definition) is 0. The van der Waals surface area contributed by atoms with Crippen LogP contribution >= 0.6 is 11.6 Å². The number of nitrogens with zero attached hydrogens (tertiary/aromatic N) is 1. The molecule has 0 bridgehead atoms. The maximum absolute atomic E-state index is 13.4. The van der Waals surface area contributed by atoms with Crippen LogP contribution in [0.1, 0.15) is 25.8 Å². The first-order valence-corrected chi connectivity index (χ1v) is 12.4. The highest BCUT2D eigenvalue weighted by atomic mass is 35.5. The van der Waals surface area contributed by atoms with Gasteiger partial charge in [-0.15, -0.1) is 0 Å². The number of sulfonamides is 1. The van der Waals surface area contributed by atoms with Crippen LogP contribution in [0.2, 0.25) is 5.02 Å². The van der Waals surface area contributed by atoms with Crippen molar-refractivity contribution < 1.29 is 22.7 Å². The van der Waals surface area contributed by atoms with Crippen LogP contribution in [-0.2, 0) is 21.2 Å². The molecule has 0 saturated heterocycles. The second-order valence-corrected chi connectivity index (χ2v) is 9.45. The third kappa shape index (κ3) is 6.27. The third-order valence-corrected chi connectivity index (χ3v) is 6.80. The van der Waals surface area contributed by atoms with Gasteiger partial charge in [-0.25, -0.2) is 8.42 Å². The van der Waals surface area contributed by atoms with E-state index in [0.29, 0.717) is 23.1 Å². The van der Waals surface area contributed by atoms with Crippen LogP contribution in [0.4, 0.5) is 5.69 Å². The van der Waals surface area contributed by atoms with Crippen molar-refractivity contribution in [1.82, 2.24) is 0 Å². The first kappa shape index (κ1) is 24.6. The SMILES string of the molecule is CCCc1ccc(OCC(=O)N(c2ccc(OCC)cc2)S(=O)(=O)c2ccc(Cl)cc2)cc1. The average molecular weight is 488 g/mol. The summed E-state index contributed by atoms with van der Waals surface area (Å²) in [5.74, 6) is 0.325. The van der Waals surface area contributed by atoms with Crippen molar-refractivity contribution >= 4 is 33.2 Å². The molecule has 0 aromatic heterocycles. The smallest absolute Gasteiger partial charge is 0.278 e. The van der Waals surface area contributed by atoms with Gasteiger partial charge in [0.05, 0.1) is 17.2 Å². The Bertz CT molecular complexity index is 1160. The number of halogens is 1. The second-order valence-electron chi connectivity index (χ2n) is 7.23. The van der Waals surface area contributed by atoms with Gasteiger partial charge in [0, 0.05) is 5.02 Å². The highest BCUT2D eigenvalue weighted by Crippen LogP contribution is 2.27. The number of aryl methyl sites for hydroxylation is 1. The number of carbonyl (C=O) groups excluding carboxylic acids is 1. The number of benzene rings is 3. The quantitative estimate of drug-likeness (QED) is 0.378. The number of amides is 1. The summed E-state index contributed by atoms with van der Waals surface area (Å²) in [7, 11) is -4.21. The Morgan fingerprint density at radius 1 is 0.848 bits per heavy atom. The Kier molecular flexibility index (Phi) is 8.36. The molecule has 1 amide bonds. The lowest BCUT2D eigenvalue weighted by molar-refractivity contribution is -0.119. The molecule has 0 N–H and O–H groups in total. The van der Waals surface area contributed by atoms with Gasteiger partial charge >= 0.3 is 0 Å². The Balaban J connectivity index is 1.88. The molecular weight excluding hydrogens is 462 g/mol. The standard InChI is InChI=1S/C25H26ClNO5S/c1-3-5-19-6-12-23(13-7-19)32-18-25(28)27(21-10-14-22(15-11-21)31-4-2)33(29,30)24-16-8-20(26)9-17-24/h6-17H,3-5,18H2,1-2H3. The highest BCUT2D eigenvalue weighted by molar-refractivity contribution is 7.93. The van der Waals surface area contributed by atoms with E-state index in [-0.39, 0.29) is 10.6 Å². The fourth-order valence-corrected chi connectivity index (χ4v) is 4.75. The molecule has 33 heavy (non-hydrogen) atoms. The predicted octanol–water partition coefficient (Wildman–Crippen LogP) is 5.49. The highest BCUT2D eigenvalue weighted by Gasteiger charge is 2.31. The van der Waals surface area contributed by atoms with Crippen LogP contribution in [0.15, 0.2) is 77.7 Å². The molecule has 0 aliphatic rings. The fourth-order valence-electron chi connectivity index (χ4n) is 3.22. The molecule has 0 spiro atoms.